The molecule has 0 spiro atoms. The number of hydrazone groups is 1. The minimum absolute atomic E-state index is 0.00601. The van der Waals surface area contributed by atoms with Crippen LogP contribution in [-0.2, 0) is 14.9 Å². The maximum Gasteiger partial charge on any atom is 0.339 e. The predicted molar refractivity (Wildman–Crippen MR) is 146 cm³/mol. The molecule has 0 radical (unpaired) electrons. The van der Waals surface area contributed by atoms with Crippen molar-refractivity contribution in [2.45, 2.75) is 16.2 Å². The van der Waals surface area contributed by atoms with E-state index in [0.29, 0.717) is 10.0 Å². The van der Waals surface area contributed by atoms with Crippen LogP contribution in [0.3, 0.4) is 0 Å². The van der Waals surface area contributed by atoms with E-state index in [0.717, 1.165) is 20.1 Å². The molecule has 12 heteroatoms. The summed E-state index contributed by atoms with van der Waals surface area (Å²) in [6.45, 7) is 1.86. The van der Waals surface area contributed by atoms with Gasteiger partial charge in [0.1, 0.15) is 4.90 Å². The summed E-state index contributed by atoms with van der Waals surface area (Å²) in [5.74, 6) is 0.0600. The minimum atomic E-state index is -4.07. The number of carbonyl (C=O) groups excluding carboxylic acids is 1. The van der Waals surface area contributed by atoms with Gasteiger partial charge in [-0.25, -0.2) is 10.4 Å². The number of ether oxygens (including phenoxy) is 1. The Kier molecular flexibility index (Phi) is 8.29. The zero-order chi connectivity index (χ0) is 25.7. The standard InChI is InChI=1S/C24H20BrN3O5S3/c1-15-7-9-17(10-8-15)36(30,31)33-23-18(25)11-16(12-20(23)32-2)13-26-28-22(29)14-34-24-27-19-5-3-4-6-21(19)35-24/h3-13H,14H2,1-2H3,(H,28,29)/b26-13-. The first-order chi connectivity index (χ1) is 17.2. The van der Waals surface area contributed by atoms with Crippen molar-refractivity contribution in [3.63, 3.8) is 0 Å². The Labute approximate surface area is 225 Å². The fourth-order valence-electron chi connectivity index (χ4n) is 3.01. The van der Waals surface area contributed by atoms with Gasteiger partial charge >= 0.3 is 10.1 Å². The molecule has 1 heterocycles. The molecular weight excluding hydrogens is 586 g/mol. The average molecular weight is 607 g/mol. The average Bonchev–Trinajstić information content (AvgIpc) is 3.27. The third-order valence-electron chi connectivity index (χ3n) is 4.76. The number of aryl methyl sites for hydroxylation is 1. The summed E-state index contributed by atoms with van der Waals surface area (Å²) < 4.78 is 38.3. The number of thioether (sulfide) groups is 1. The molecule has 0 saturated heterocycles. The fourth-order valence-corrected chi connectivity index (χ4v) is 6.47. The van der Waals surface area contributed by atoms with Crippen molar-refractivity contribution >= 4 is 71.5 Å². The van der Waals surface area contributed by atoms with Gasteiger partial charge in [-0.1, -0.05) is 41.6 Å². The highest BCUT2D eigenvalue weighted by Gasteiger charge is 2.22. The van der Waals surface area contributed by atoms with Crippen molar-refractivity contribution in [1.29, 1.82) is 0 Å². The Morgan fingerprint density at radius 1 is 1.19 bits per heavy atom. The molecule has 0 unspecified atom stereocenters. The zero-order valence-corrected chi connectivity index (χ0v) is 23.1. The lowest BCUT2D eigenvalue weighted by Gasteiger charge is -2.13. The summed E-state index contributed by atoms with van der Waals surface area (Å²) in [4.78, 5) is 16.7. The molecule has 0 aliphatic carbocycles. The van der Waals surface area contributed by atoms with E-state index in [-0.39, 0.29) is 28.1 Å². The predicted octanol–water partition coefficient (Wildman–Crippen LogP) is 5.39. The van der Waals surface area contributed by atoms with Gasteiger partial charge in [0.15, 0.2) is 15.8 Å². The summed E-state index contributed by atoms with van der Waals surface area (Å²) in [7, 11) is -2.67. The van der Waals surface area contributed by atoms with E-state index >= 15 is 0 Å². The van der Waals surface area contributed by atoms with Crippen LogP contribution in [0.2, 0.25) is 0 Å². The molecule has 186 valence electrons. The zero-order valence-electron chi connectivity index (χ0n) is 19.1. The number of hydrogen-bond donors (Lipinski definition) is 1. The molecule has 0 bridgehead atoms. The minimum Gasteiger partial charge on any atom is -0.493 e. The van der Waals surface area contributed by atoms with Gasteiger partial charge in [0, 0.05) is 0 Å². The smallest absolute Gasteiger partial charge is 0.339 e. The van der Waals surface area contributed by atoms with E-state index in [9.17, 15) is 13.2 Å². The highest BCUT2D eigenvalue weighted by Crippen LogP contribution is 2.38. The summed E-state index contributed by atoms with van der Waals surface area (Å²) in [6.07, 6.45) is 1.42. The van der Waals surface area contributed by atoms with Crippen LogP contribution in [0.4, 0.5) is 0 Å². The van der Waals surface area contributed by atoms with Crippen molar-refractivity contribution in [1.82, 2.24) is 10.4 Å². The highest BCUT2D eigenvalue weighted by molar-refractivity contribution is 9.10. The topological polar surface area (TPSA) is 107 Å². The van der Waals surface area contributed by atoms with Crippen LogP contribution in [0.5, 0.6) is 11.5 Å². The first kappa shape index (κ1) is 26.1. The summed E-state index contributed by atoms with van der Waals surface area (Å²) >= 11 is 6.20. The number of halogens is 1. The number of carbonyl (C=O) groups is 1. The van der Waals surface area contributed by atoms with Gasteiger partial charge in [-0.2, -0.15) is 13.5 Å². The van der Waals surface area contributed by atoms with Crippen LogP contribution >= 0.6 is 39.0 Å². The number of thiazole rings is 1. The normalized spacial score (nSPS) is 11.6. The van der Waals surface area contributed by atoms with Gasteiger partial charge in [-0.15, -0.1) is 11.3 Å². The molecule has 0 aliphatic rings. The van der Waals surface area contributed by atoms with Crippen LogP contribution in [0, 0.1) is 6.92 Å². The molecule has 0 fully saturated rings. The van der Waals surface area contributed by atoms with Crippen LogP contribution in [0.1, 0.15) is 11.1 Å². The van der Waals surface area contributed by atoms with Gasteiger partial charge in [0.05, 0.1) is 33.8 Å². The van der Waals surface area contributed by atoms with Crippen LogP contribution < -0.4 is 14.3 Å². The van der Waals surface area contributed by atoms with E-state index in [4.69, 9.17) is 8.92 Å². The Morgan fingerprint density at radius 3 is 2.67 bits per heavy atom. The largest absolute Gasteiger partial charge is 0.493 e. The third kappa shape index (κ3) is 6.44. The second-order valence-corrected chi connectivity index (χ2v) is 12.1. The molecule has 0 atom stereocenters. The Bertz CT molecular complexity index is 1500. The number of methoxy groups -OCH3 is 1. The van der Waals surface area contributed by atoms with E-state index in [1.165, 1.54) is 48.6 Å². The number of amides is 1. The lowest BCUT2D eigenvalue weighted by Crippen LogP contribution is -2.19. The van der Waals surface area contributed by atoms with Gasteiger partial charge in [0.25, 0.3) is 5.91 Å². The number of nitrogens with zero attached hydrogens (tertiary/aromatic N) is 2. The van der Waals surface area contributed by atoms with E-state index in [1.54, 1.807) is 24.3 Å². The number of nitrogens with one attached hydrogen (secondary N) is 1. The molecular formula is C24H20BrN3O5S3. The molecule has 4 aromatic rings. The first-order valence-electron chi connectivity index (χ1n) is 10.4. The SMILES string of the molecule is COc1cc(/C=N\NC(=O)CSc2nc3ccccc3s2)cc(Br)c1OS(=O)(=O)c1ccc(C)cc1. The fraction of sp³-hybridized carbons (Fsp3) is 0.125. The van der Waals surface area contributed by atoms with E-state index in [1.807, 2.05) is 31.2 Å². The van der Waals surface area contributed by atoms with Gasteiger partial charge in [0.2, 0.25) is 0 Å². The molecule has 0 aliphatic heterocycles. The molecule has 3 aromatic carbocycles. The van der Waals surface area contributed by atoms with Crippen LogP contribution in [-0.4, -0.2) is 38.4 Å². The number of fused-ring (bicyclic) bond motifs is 1. The quantitative estimate of drug-likeness (QED) is 0.118. The molecule has 1 aromatic heterocycles. The molecule has 1 amide bonds. The number of benzene rings is 3. The van der Waals surface area contributed by atoms with Crippen LogP contribution in [0.15, 0.2) is 79.5 Å². The second kappa shape index (κ2) is 11.4. The van der Waals surface area contributed by atoms with Crippen LogP contribution in [0.25, 0.3) is 10.2 Å². The van der Waals surface area contributed by atoms with Crippen molar-refractivity contribution in [3.05, 3.63) is 76.3 Å². The molecule has 1 N–H and O–H groups in total. The second-order valence-electron chi connectivity index (χ2n) is 7.41. The van der Waals surface area contributed by atoms with Crippen molar-refractivity contribution in [2.24, 2.45) is 5.10 Å². The lowest BCUT2D eigenvalue weighted by molar-refractivity contribution is -0.118. The van der Waals surface area contributed by atoms with Gasteiger partial charge in [-0.05, 0) is 64.8 Å². The number of para-hydroxylation sites is 1. The number of rotatable bonds is 9. The molecule has 8 nitrogen and oxygen atoms in total. The third-order valence-corrected chi connectivity index (χ3v) is 8.76. The number of aromatic nitrogens is 1. The van der Waals surface area contributed by atoms with Gasteiger partial charge < -0.3 is 8.92 Å². The summed E-state index contributed by atoms with van der Waals surface area (Å²) in [5.41, 5.74) is 4.86. The Morgan fingerprint density at radius 2 is 1.94 bits per heavy atom. The maximum absolute atomic E-state index is 12.7. The van der Waals surface area contributed by atoms with Crippen molar-refractivity contribution in [3.8, 4) is 11.5 Å². The summed E-state index contributed by atoms with van der Waals surface area (Å²) in [5, 5.41) is 3.98. The van der Waals surface area contributed by atoms with E-state index < -0.39 is 10.1 Å². The monoisotopic (exact) mass is 605 g/mol. The lowest BCUT2D eigenvalue weighted by atomic mass is 10.2. The first-order valence-corrected chi connectivity index (χ1v) is 14.4. The Hall–Kier alpha value is -2.93. The highest BCUT2D eigenvalue weighted by atomic mass is 79.9. The summed E-state index contributed by atoms with van der Waals surface area (Å²) in [6, 6.07) is 17.3. The van der Waals surface area contributed by atoms with Crippen molar-refractivity contribution in [2.75, 3.05) is 12.9 Å². The Balaban J connectivity index is 1.39. The molecule has 0 saturated carbocycles. The number of hydrogen-bond acceptors (Lipinski definition) is 9. The van der Waals surface area contributed by atoms with Gasteiger partial charge in [-0.3, -0.25) is 4.79 Å². The molecule has 36 heavy (non-hydrogen) atoms. The molecule has 4 rings (SSSR count). The van der Waals surface area contributed by atoms with Crippen molar-refractivity contribution < 1.29 is 22.1 Å². The van der Waals surface area contributed by atoms with E-state index in [2.05, 4.69) is 31.4 Å². The maximum atomic E-state index is 12.7.